The lowest BCUT2D eigenvalue weighted by Crippen LogP contribution is -2.37. The zero-order valence-electron chi connectivity index (χ0n) is 15.8. The van der Waals surface area contributed by atoms with E-state index >= 15 is 0 Å². The third kappa shape index (κ3) is 4.80. The number of nitrogens with zero attached hydrogens (tertiary/aromatic N) is 3. The highest BCUT2D eigenvalue weighted by atomic mass is 35.5. The number of hydrogen-bond acceptors (Lipinski definition) is 6. The second kappa shape index (κ2) is 8.75. The first-order valence-corrected chi connectivity index (χ1v) is 8.98. The molecule has 3 aromatic rings. The Balaban J connectivity index is 1.59. The molecule has 0 aliphatic carbocycles. The lowest BCUT2D eigenvalue weighted by molar-refractivity contribution is -0.137. The molecule has 8 heteroatoms. The van der Waals surface area contributed by atoms with Gasteiger partial charge in [-0.1, -0.05) is 16.8 Å². The van der Waals surface area contributed by atoms with Crippen LogP contribution in [0, 0.1) is 0 Å². The molecule has 0 N–H and O–H groups in total. The number of amides is 1. The summed E-state index contributed by atoms with van der Waals surface area (Å²) in [6.45, 7) is 1.87. The molecule has 7 nitrogen and oxygen atoms in total. The summed E-state index contributed by atoms with van der Waals surface area (Å²) in [5, 5.41) is 4.58. The summed E-state index contributed by atoms with van der Waals surface area (Å²) < 4.78 is 16.1. The Morgan fingerprint density at radius 2 is 1.79 bits per heavy atom. The third-order valence-corrected chi connectivity index (χ3v) is 4.29. The average Bonchev–Trinajstić information content (AvgIpc) is 3.16. The quantitative estimate of drug-likeness (QED) is 0.598. The maximum absolute atomic E-state index is 12.6. The molecule has 146 valence electrons. The molecule has 3 rings (SSSR count). The first-order chi connectivity index (χ1) is 13.5. The van der Waals surface area contributed by atoms with Crippen LogP contribution in [0.15, 0.2) is 53.1 Å². The van der Waals surface area contributed by atoms with Gasteiger partial charge in [-0.05, 0) is 55.5 Å². The molecule has 0 spiro atoms. The van der Waals surface area contributed by atoms with E-state index in [1.807, 2.05) is 0 Å². The first kappa shape index (κ1) is 19.7. The van der Waals surface area contributed by atoms with E-state index in [1.165, 1.54) is 4.90 Å². The highest BCUT2D eigenvalue weighted by molar-refractivity contribution is 6.30. The topological polar surface area (TPSA) is 77.7 Å². The van der Waals surface area contributed by atoms with E-state index in [-0.39, 0.29) is 12.5 Å². The molecule has 0 saturated carbocycles. The van der Waals surface area contributed by atoms with Gasteiger partial charge in [0.05, 0.1) is 13.7 Å². The normalized spacial score (nSPS) is 11.7. The summed E-state index contributed by atoms with van der Waals surface area (Å²) in [5.74, 6) is 1.86. The van der Waals surface area contributed by atoms with E-state index < -0.39 is 6.10 Å². The summed E-state index contributed by atoms with van der Waals surface area (Å²) in [6.07, 6.45) is -0.669. The lowest BCUT2D eigenvalue weighted by Gasteiger charge is -2.20. The Labute approximate surface area is 167 Å². The predicted molar refractivity (Wildman–Crippen MR) is 104 cm³/mol. The maximum Gasteiger partial charge on any atom is 0.263 e. The highest BCUT2D eigenvalue weighted by Gasteiger charge is 2.21. The van der Waals surface area contributed by atoms with Crippen LogP contribution in [0.3, 0.4) is 0 Å². The number of methoxy groups -OCH3 is 1. The lowest BCUT2D eigenvalue weighted by atomic mass is 10.2. The van der Waals surface area contributed by atoms with Gasteiger partial charge in [0.2, 0.25) is 11.7 Å². The number of carbonyl (C=O) groups is 1. The Bertz CT molecular complexity index is 925. The van der Waals surface area contributed by atoms with Crippen molar-refractivity contribution in [3.05, 3.63) is 59.4 Å². The Hall–Kier alpha value is -3.06. The fourth-order valence-electron chi connectivity index (χ4n) is 2.54. The minimum Gasteiger partial charge on any atom is -0.497 e. The molecule has 0 unspecified atom stereocenters. The summed E-state index contributed by atoms with van der Waals surface area (Å²) in [5.41, 5.74) is 0.782. The molecule has 0 saturated heterocycles. The minimum atomic E-state index is -0.669. The molecule has 2 aromatic carbocycles. The smallest absolute Gasteiger partial charge is 0.263 e. The molecule has 0 bridgehead atoms. The maximum atomic E-state index is 12.6. The predicted octanol–water partition coefficient (Wildman–Crippen LogP) is 3.82. The number of hydrogen-bond donors (Lipinski definition) is 0. The van der Waals surface area contributed by atoms with Crippen LogP contribution >= 0.6 is 11.6 Å². The number of halogens is 1. The summed E-state index contributed by atoms with van der Waals surface area (Å²) in [6, 6.07) is 14.1. The van der Waals surface area contributed by atoms with E-state index in [2.05, 4.69) is 10.1 Å². The fraction of sp³-hybridized carbons (Fsp3) is 0.250. The van der Waals surface area contributed by atoms with Crippen molar-refractivity contribution in [2.45, 2.75) is 19.6 Å². The fourth-order valence-corrected chi connectivity index (χ4v) is 2.66. The van der Waals surface area contributed by atoms with Crippen LogP contribution in [0.5, 0.6) is 11.5 Å². The van der Waals surface area contributed by atoms with Crippen LogP contribution in [0.2, 0.25) is 5.02 Å². The summed E-state index contributed by atoms with van der Waals surface area (Å²) >= 11 is 5.88. The molecular weight excluding hydrogens is 382 g/mol. The van der Waals surface area contributed by atoms with Crippen molar-refractivity contribution < 1.29 is 18.8 Å². The summed E-state index contributed by atoms with van der Waals surface area (Å²) in [4.78, 5) is 18.4. The standard InChI is InChI=1S/C20H20ClN3O4/c1-13(27-17-10-8-16(26-3)9-11-17)20(25)24(2)12-18-22-19(23-28-18)14-4-6-15(21)7-5-14/h4-11,13H,12H2,1-3H3/t13-/m0/s1. The average molecular weight is 402 g/mol. The SMILES string of the molecule is COc1ccc(O[C@@H](C)C(=O)N(C)Cc2nc(-c3ccc(Cl)cc3)no2)cc1. The molecule has 1 aromatic heterocycles. The van der Waals surface area contributed by atoms with Gasteiger partial charge in [-0.15, -0.1) is 0 Å². The monoisotopic (exact) mass is 401 g/mol. The van der Waals surface area contributed by atoms with Crippen LogP contribution in [0.1, 0.15) is 12.8 Å². The van der Waals surface area contributed by atoms with Gasteiger partial charge in [0, 0.05) is 17.6 Å². The molecule has 0 aliphatic heterocycles. The molecule has 0 radical (unpaired) electrons. The van der Waals surface area contributed by atoms with E-state index in [9.17, 15) is 4.79 Å². The number of likely N-dealkylation sites (N-methyl/N-ethyl adjacent to an activating group) is 1. The van der Waals surface area contributed by atoms with Gasteiger partial charge in [0.25, 0.3) is 5.91 Å². The van der Waals surface area contributed by atoms with Crippen molar-refractivity contribution in [1.82, 2.24) is 15.0 Å². The largest absolute Gasteiger partial charge is 0.497 e. The van der Waals surface area contributed by atoms with Crippen molar-refractivity contribution in [3.63, 3.8) is 0 Å². The number of aromatic nitrogens is 2. The molecule has 0 aliphatic rings. The number of carbonyl (C=O) groups excluding carboxylic acids is 1. The molecule has 28 heavy (non-hydrogen) atoms. The van der Waals surface area contributed by atoms with E-state index in [0.717, 1.165) is 11.3 Å². The van der Waals surface area contributed by atoms with Gasteiger partial charge in [0.1, 0.15) is 11.5 Å². The first-order valence-electron chi connectivity index (χ1n) is 8.60. The second-order valence-electron chi connectivity index (χ2n) is 6.15. The van der Waals surface area contributed by atoms with Crippen LogP contribution in [-0.4, -0.2) is 41.2 Å². The Morgan fingerprint density at radius 3 is 2.43 bits per heavy atom. The van der Waals surface area contributed by atoms with E-state index in [1.54, 1.807) is 69.6 Å². The number of benzene rings is 2. The van der Waals surface area contributed by atoms with Gasteiger partial charge in [0.15, 0.2) is 6.10 Å². The zero-order chi connectivity index (χ0) is 20.1. The second-order valence-corrected chi connectivity index (χ2v) is 6.58. The molecule has 1 amide bonds. The van der Waals surface area contributed by atoms with Crippen molar-refractivity contribution in [3.8, 4) is 22.9 Å². The zero-order valence-corrected chi connectivity index (χ0v) is 16.5. The molecule has 1 heterocycles. The van der Waals surface area contributed by atoms with Crippen LogP contribution in [0.25, 0.3) is 11.4 Å². The molecule has 0 fully saturated rings. The van der Waals surface area contributed by atoms with Gasteiger partial charge in [-0.25, -0.2) is 0 Å². The van der Waals surface area contributed by atoms with Gasteiger partial charge in [-0.3, -0.25) is 4.79 Å². The molecule has 1 atom stereocenters. The summed E-state index contributed by atoms with van der Waals surface area (Å²) in [7, 11) is 3.25. The van der Waals surface area contributed by atoms with Gasteiger partial charge >= 0.3 is 0 Å². The van der Waals surface area contributed by atoms with Gasteiger partial charge in [-0.2, -0.15) is 4.98 Å². The van der Waals surface area contributed by atoms with Crippen LogP contribution in [0.4, 0.5) is 0 Å². The Morgan fingerprint density at radius 1 is 1.14 bits per heavy atom. The molecular formula is C20H20ClN3O4. The van der Waals surface area contributed by atoms with Crippen molar-refractivity contribution in [2.75, 3.05) is 14.2 Å². The Kier molecular flexibility index (Phi) is 6.16. The number of rotatable bonds is 7. The minimum absolute atomic E-state index is 0.176. The van der Waals surface area contributed by atoms with Crippen LogP contribution in [-0.2, 0) is 11.3 Å². The van der Waals surface area contributed by atoms with Crippen molar-refractivity contribution in [1.29, 1.82) is 0 Å². The van der Waals surface area contributed by atoms with E-state index in [4.69, 9.17) is 25.6 Å². The van der Waals surface area contributed by atoms with Crippen molar-refractivity contribution >= 4 is 17.5 Å². The van der Waals surface area contributed by atoms with E-state index in [0.29, 0.717) is 22.5 Å². The number of ether oxygens (including phenoxy) is 2. The third-order valence-electron chi connectivity index (χ3n) is 4.04. The van der Waals surface area contributed by atoms with Gasteiger partial charge < -0.3 is 18.9 Å². The van der Waals surface area contributed by atoms with Crippen LogP contribution < -0.4 is 9.47 Å². The van der Waals surface area contributed by atoms with Crippen molar-refractivity contribution in [2.24, 2.45) is 0 Å². The highest BCUT2D eigenvalue weighted by Crippen LogP contribution is 2.20.